The average molecular weight is 443 g/mol. The Morgan fingerprint density at radius 1 is 1.12 bits per heavy atom. The summed E-state index contributed by atoms with van der Waals surface area (Å²) < 4.78 is 5.68. The summed E-state index contributed by atoms with van der Waals surface area (Å²) in [4.78, 5) is 38.7. The van der Waals surface area contributed by atoms with Gasteiger partial charge in [0.15, 0.2) is 0 Å². The molecule has 7 heteroatoms. The quantitative estimate of drug-likeness (QED) is 0.712. The van der Waals surface area contributed by atoms with E-state index in [1.54, 1.807) is 0 Å². The summed E-state index contributed by atoms with van der Waals surface area (Å²) >= 11 is 0. The lowest BCUT2D eigenvalue weighted by Crippen LogP contribution is -2.57. The zero-order valence-electron chi connectivity index (χ0n) is 18.9. The number of fused-ring (bicyclic) bond motifs is 2. The van der Waals surface area contributed by atoms with E-state index in [4.69, 9.17) is 14.6 Å². The van der Waals surface area contributed by atoms with Gasteiger partial charge in [-0.25, -0.2) is 0 Å². The number of nitrogens with zero attached hydrogens (tertiary/aromatic N) is 2. The molecule has 0 spiro atoms. The van der Waals surface area contributed by atoms with Crippen LogP contribution in [0.15, 0.2) is 18.2 Å². The summed E-state index contributed by atoms with van der Waals surface area (Å²) in [6.07, 6.45) is 6.29. The molecule has 32 heavy (non-hydrogen) atoms. The highest BCUT2D eigenvalue weighted by molar-refractivity contribution is 5.95. The molecule has 1 aromatic rings. The van der Waals surface area contributed by atoms with Crippen LogP contribution in [0.5, 0.6) is 5.75 Å². The van der Waals surface area contributed by atoms with Gasteiger partial charge in [-0.2, -0.15) is 0 Å². The topological polar surface area (TPSA) is 87.2 Å². The molecule has 1 saturated carbocycles. The Balaban J connectivity index is 0.000000775. The lowest BCUT2D eigenvalue weighted by atomic mass is 9.61. The van der Waals surface area contributed by atoms with Gasteiger partial charge in [-0.3, -0.25) is 14.4 Å². The Kier molecular flexibility index (Phi) is 7.01. The number of hydrogen-bond acceptors (Lipinski definition) is 4. The first-order valence-electron chi connectivity index (χ1n) is 11.9. The van der Waals surface area contributed by atoms with E-state index < -0.39 is 0 Å². The van der Waals surface area contributed by atoms with Crippen molar-refractivity contribution in [1.82, 2.24) is 9.80 Å². The minimum atomic E-state index is -0.250. The maximum absolute atomic E-state index is 13.2. The molecule has 2 saturated heterocycles. The van der Waals surface area contributed by atoms with Crippen molar-refractivity contribution in [3.05, 3.63) is 29.3 Å². The van der Waals surface area contributed by atoms with Crippen molar-refractivity contribution < 1.29 is 24.2 Å². The molecule has 0 radical (unpaired) electrons. The molecule has 3 aliphatic heterocycles. The maximum atomic E-state index is 13.2. The van der Waals surface area contributed by atoms with Gasteiger partial charge >= 0.3 is 0 Å². The van der Waals surface area contributed by atoms with Crippen LogP contribution >= 0.6 is 0 Å². The molecule has 4 aliphatic rings. The number of carbonyl (C=O) groups excluding carboxylic acids is 2. The molecule has 3 heterocycles. The van der Waals surface area contributed by atoms with Crippen LogP contribution in [0.3, 0.4) is 0 Å². The Labute approximate surface area is 189 Å². The van der Waals surface area contributed by atoms with Gasteiger partial charge in [0.25, 0.3) is 12.4 Å². The fraction of sp³-hybridized carbons (Fsp3) is 0.640. The molecule has 2 amide bonds. The molecular formula is C25H34N2O5. The number of likely N-dealkylation sites (tertiary alicyclic amines) is 2. The number of piperidine rings is 2. The van der Waals surface area contributed by atoms with Gasteiger partial charge in [0, 0.05) is 37.7 Å². The fourth-order valence-corrected chi connectivity index (χ4v) is 5.69. The molecule has 3 atom stereocenters. The van der Waals surface area contributed by atoms with Crippen LogP contribution in [-0.2, 0) is 16.0 Å². The predicted molar refractivity (Wildman–Crippen MR) is 120 cm³/mol. The van der Waals surface area contributed by atoms with E-state index in [1.807, 2.05) is 23.1 Å². The second-order valence-electron chi connectivity index (χ2n) is 9.69. The van der Waals surface area contributed by atoms with Gasteiger partial charge in [-0.05, 0) is 80.0 Å². The van der Waals surface area contributed by atoms with Gasteiger partial charge < -0.3 is 19.6 Å². The summed E-state index contributed by atoms with van der Waals surface area (Å²) in [5, 5.41) is 6.89. The van der Waals surface area contributed by atoms with E-state index in [2.05, 4.69) is 11.8 Å². The van der Waals surface area contributed by atoms with Gasteiger partial charge in [0.2, 0.25) is 5.91 Å². The van der Waals surface area contributed by atoms with Crippen LogP contribution < -0.4 is 4.74 Å². The van der Waals surface area contributed by atoms with E-state index in [-0.39, 0.29) is 18.3 Å². The molecule has 3 fully saturated rings. The summed E-state index contributed by atoms with van der Waals surface area (Å²) in [5.74, 6) is 3.21. The monoisotopic (exact) mass is 442 g/mol. The fourth-order valence-electron chi connectivity index (χ4n) is 5.69. The van der Waals surface area contributed by atoms with Crippen molar-refractivity contribution in [2.24, 2.45) is 23.7 Å². The second-order valence-corrected chi connectivity index (χ2v) is 9.69. The van der Waals surface area contributed by atoms with Crippen molar-refractivity contribution >= 4 is 18.3 Å². The van der Waals surface area contributed by atoms with Crippen molar-refractivity contribution in [3.8, 4) is 5.75 Å². The van der Waals surface area contributed by atoms with Crippen LogP contribution in [-0.4, -0.2) is 66.0 Å². The third-order valence-electron chi connectivity index (χ3n) is 7.74. The highest BCUT2D eigenvalue weighted by atomic mass is 16.5. The molecule has 1 aliphatic carbocycles. The largest absolute Gasteiger partial charge is 0.493 e. The third kappa shape index (κ3) is 4.62. The smallest absolute Gasteiger partial charge is 0.290 e. The number of aryl methyl sites for hydroxylation is 1. The van der Waals surface area contributed by atoms with E-state index in [0.29, 0.717) is 17.7 Å². The lowest BCUT2D eigenvalue weighted by molar-refractivity contribution is -0.148. The summed E-state index contributed by atoms with van der Waals surface area (Å²) in [7, 11) is 0. The Morgan fingerprint density at radius 3 is 2.59 bits per heavy atom. The first kappa shape index (κ1) is 22.6. The first-order valence-corrected chi connectivity index (χ1v) is 11.9. The molecule has 7 nitrogen and oxygen atoms in total. The number of benzene rings is 1. The molecular weight excluding hydrogens is 408 g/mol. The van der Waals surface area contributed by atoms with E-state index in [1.165, 1.54) is 0 Å². The van der Waals surface area contributed by atoms with Crippen molar-refractivity contribution in [3.63, 3.8) is 0 Å². The number of hydrogen-bond donors (Lipinski definition) is 1. The van der Waals surface area contributed by atoms with Crippen LogP contribution in [0.4, 0.5) is 0 Å². The molecule has 174 valence electrons. The first-order chi connectivity index (χ1) is 15.5. The van der Waals surface area contributed by atoms with Crippen LogP contribution in [0.25, 0.3) is 0 Å². The SMILES string of the molecule is CC1CCN(C(=O)[C@@H]2C[C@H]3CCN(C(=O)c4ccc5c(c4)CCCO5)C[C@H]32)CC1.O=CO. The van der Waals surface area contributed by atoms with Crippen molar-refractivity contribution in [1.29, 1.82) is 0 Å². The van der Waals surface area contributed by atoms with E-state index in [9.17, 15) is 9.59 Å². The summed E-state index contributed by atoms with van der Waals surface area (Å²) in [5.41, 5.74) is 1.91. The van der Waals surface area contributed by atoms with Gasteiger partial charge in [-0.1, -0.05) is 6.92 Å². The number of amides is 2. The van der Waals surface area contributed by atoms with Crippen LogP contribution in [0.1, 0.15) is 54.9 Å². The number of rotatable bonds is 2. The number of carboxylic acid groups (broad SMARTS) is 1. The van der Waals surface area contributed by atoms with Crippen LogP contribution in [0.2, 0.25) is 0 Å². The Bertz CT molecular complexity index is 849. The number of carbonyl (C=O) groups is 3. The minimum absolute atomic E-state index is 0.113. The van der Waals surface area contributed by atoms with Gasteiger partial charge in [0.1, 0.15) is 5.75 Å². The third-order valence-corrected chi connectivity index (χ3v) is 7.74. The minimum Gasteiger partial charge on any atom is -0.493 e. The summed E-state index contributed by atoms with van der Waals surface area (Å²) in [6, 6.07) is 5.86. The van der Waals surface area contributed by atoms with Crippen molar-refractivity contribution in [2.75, 3.05) is 32.8 Å². The zero-order valence-corrected chi connectivity index (χ0v) is 18.9. The lowest BCUT2D eigenvalue weighted by Gasteiger charge is -2.51. The normalized spacial score (nSPS) is 27.0. The zero-order chi connectivity index (χ0) is 22.7. The van der Waals surface area contributed by atoms with Gasteiger partial charge in [0.05, 0.1) is 6.61 Å². The maximum Gasteiger partial charge on any atom is 0.290 e. The van der Waals surface area contributed by atoms with E-state index >= 15 is 0 Å². The highest BCUT2D eigenvalue weighted by Crippen LogP contribution is 2.47. The molecule has 1 N–H and O–H groups in total. The Morgan fingerprint density at radius 2 is 1.84 bits per heavy atom. The molecule has 0 unspecified atom stereocenters. The predicted octanol–water partition coefficient (Wildman–Crippen LogP) is 3.07. The molecule has 5 rings (SSSR count). The summed E-state index contributed by atoms with van der Waals surface area (Å²) in [6.45, 7) is 6.16. The molecule has 0 bridgehead atoms. The van der Waals surface area contributed by atoms with E-state index in [0.717, 1.165) is 94.1 Å². The highest BCUT2D eigenvalue weighted by Gasteiger charge is 2.49. The van der Waals surface area contributed by atoms with Gasteiger partial charge in [-0.15, -0.1) is 0 Å². The standard InChI is InChI=1S/C24H32N2O3.CH2O2/c1-16-6-9-25(10-7-16)24(28)20-14-17-8-11-26(15-21(17)20)23(27)19-4-5-22-18(13-19)3-2-12-29-22;2-1-3/h4-5,13,16-17,20-21H,2-3,6-12,14-15H2,1H3;1H,(H,2,3)/t17-,20-,21-;/m1./s1. The van der Waals surface area contributed by atoms with Crippen molar-refractivity contribution in [2.45, 2.75) is 45.4 Å². The van der Waals surface area contributed by atoms with Crippen LogP contribution in [0, 0.1) is 23.7 Å². The second kappa shape index (κ2) is 9.92. The Hall–Kier alpha value is -2.57. The molecule has 0 aromatic heterocycles. The number of ether oxygens (including phenoxy) is 1. The molecule has 1 aromatic carbocycles. The average Bonchev–Trinajstić information content (AvgIpc) is 2.80.